The summed E-state index contributed by atoms with van der Waals surface area (Å²) >= 11 is 6.61. The molecule has 1 saturated heterocycles. The van der Waals surface area contributed by atoms with Gasteiger partial charge < -0.3 is 4.42 Å². The quantitative estimate of drug-likeness (QED) is 0.242. The Morgan fingerprint density at radius 1 is 1.07 bits per heavy atom. The van der Waals surface area contributed by atoms with Crippen molar-refractivity contribution in [3.8, 4) is 11.3 Å². The third-order valence-electron chi connectivity index (χ3n) is 4.32. The van der Waals surface area contributed by atoms with Gasteiger partial charge in [0.2, 0.25) is 0 Å². The van der Waals surface area contributed by atoms with E-state index in [0.29, 0.717) is 32.9 Å². The molecule has 0 spiro atoms. The maximum Gasteiger partial charge on any atom is 0.269 e. The summed E-state index contributed by atoms with van der Waals surface area (Å²) in [5, 5.41) is 10.8. The largest absolute Gasteiger partial charge is 0.457 e. The number of rotatable bonds is 5. The molecule has 2 heterocycles. The van der Waals surface area contributed by atoms with Gasteiger partial charge in [0.1, 0.15) is 15.8 Å². The Morgan fingerprint density at radius 3 is 2.48 bits per heavy atom. The molecule has 0 saturated carbocycles. The van der Waals surface area contributed by atoms with E-state index < -0.39 is 4.92 Å². The topological polar surface area (TPSA) is 76.6 Å². The molecule has 1 aliphatic rings. The van der Waals surface area contributed by atoms with E-state index in [2.05, 4.69) is 0 Å². The molecule has 8 heteroatoms. The van der Waals surface area contributed by atoms with E-state index in [1.54, 1.807) is 35.2 Å². The highest BCUT2D eigenvalue weighted by molar-refractivity contribution is 8.26. The molecule has 144 valence electrons. The molecule has 0 radical (unpaired) electrons. The molecule has 0 unspecified atom stereocenters. The second kappa shape index (κ2) is 8.02. The number of non-ortho nitro benzene ring substituents is 1. The highest BCUT2D eigenvalue weighted by Gasteiger charge is 2.32. The number of nitrogens with zero attached hydrogens (tertiary/aromatic N) is 2. The minimum atomic E-state index is -0.450. The van der Waals surface area contributed by atoms with Crippen LogP contribution in [0.4, 0.5) is 5.69 Å². The Morgan fingerprint density at radius 2 is 1.79 bits per heavy atom. The zero-order valence-electron chi connectivity index (χ0n) is 15.0. The Kier molecular flexibility index (Phi) is 5.28. The second-order valence-electron chi connectivity index (χ2n) is 6.26. The van der Waals surface area contributed by atoms with Crippen LogP contribution in [0.1, 0.15) is 11.3 Å². The van der Waals surface area contributed by atoms with Crippen molar-refractivity contribution in [3.05, 3.63) is 93.1 Å². The first-order valence-corrected chi connectivity index (χ1v) is 9.88. The molecule has 3 aromatic rings. The van der Waals surface area contributed by atoms with Crippen molar-refractivity contribution in [2.24, 2.45) is 0 Å². The summed E-state index contributed by atoms with van der Waals surface area (Å²) in [7, 11) is 0. The van der Waals surface area contributed by atoms with E-state index in [1.165, 1.54) is 23.9 Å². The number of carbonyl (C=O) groups is 1. The third-order valence-corrected chi connectivity index (χ3v) is 5.70. The average molecular weight is 422 g/mol. The molecule has 29 heavy (non-hydrogen) atoms. The number of thiocarbonyl (C=S) groups is 1. The first kappa shape index (κ1) is 19.1. The summed E-state index contributed by atoms with van der Waals surface area (Å²) in [6, 6.07) is 19.3. The van der Waals surface area contributed by atoms with Crippen LogP contribution in [0.25, 0.3) is 17.4 Å². The van der Waals surface area contributed by atoms with Crippen LogP contribution in [0.15, 0.2) is 76.1 Å². The van der Waals surface area contributed by atoms with E-state index in [4.69, 9.17) is 16.6 Å². The number of carbonyl (C=O) groups excluding carboxylic acids is 1. The smallest absolute Gasteiger partial charge is 0.269 e. The van der Waals surface area contributed by atoms with Gasteiger partial charge in [0.15, 0.2) is 0 Å². The standard InChI is InChI=1S/C21H14N2O4S2/c24-20-19(29-21(28)22(20)13-14-4-2-1-3-5-14)12-17-10-11-18(27-17)15-6-8-16(9-7-15)23(25)26/h1-12H,13H2/b19-12-. The molecule has 4 rings (SSSR count). The maximum atomic E-state index is 12.7. The Balaban J connectivity index is 1.52. The maximum absolute atomic E-state index is 12.7. The van der Waals surface area contributed by atoms with Crippen LogP contribution < -0.4 is 0 Å². The Bertz CT molecular complexity index is 1120. The SMILES string of the molecule is O=C1/C(=C/c2ccc(-c3ccc([N+](=O)[O-])cc3)o2)SC(=S)N1Cc1ccccc1. The van der Waals surface area contributed by atoms with Gasteiger partial charge in [-0.3, -0.25) is 19.8 Å². The molecule has 2 aromatic carbocycles. The highest BCUT2D eigenvalue weighted by Crippen LogP contribution is 2.34. The Hall–Kier alpha value is -3.23. The molecule has 6 nitrogen and oxygen atoms in total. The van der Waals surface area contributed by atoms with Crippen molar-refractivity contribution in [1.82, 2.24) is 4.90 Å². The number of hydrogen-bond donors (Lipinski definition) is 0. The number of nitro groups is 1. The highest BCUT2D eigenvalue weighted by atomic mass is 32.2. The van der Waals surface area contributed by atoms with Crippen LogP contribution in [-0.2, 0) is 11.3 Å². The molecule has 1 fully saturated rings. The number of furan rings is 1. The second-order valence-corrected chi connectivity index (χ2v) is 7.94. The summed E-state index contributed by atoms with van der Waals surface area (Å²) in [6.07, 6.45) is 1.67. The van der Waals surface area contributed by atoms with Crippen molar-refractivity contribution in [3.63, 3.8) is 0 Å². The molecule has 0 bridgehead atoms. The molecule has 1 amide bonds. The van der Waals surface area contributed by atoms with Gasteiger partial charge in [-0.15, -0.1) is 0 Å². The monoisotopic (exact) mass is 422 g/mol. The van der Waals surface area contributed by atoms with Crippen LogP contribution in [0.3, 0.4) is 0 Å². The van der Waals surface area contributed by atoms with Crippen LogP contribution in [0, 0.1) is 10.1 Å². The molecule has 0 aliphatic carbocycles. The normalized spacial score (nSPS) is 15.3. The first-order valence-electron chi connectivity index (χ1n) is 8.65. The minimum Gasteiger partial charge on any atom is -0.457 e. The van der Waals surface area contributed by atoms with Crippen molar-refractivity contribution >= 4 is 46.0 Å². The zero-order chi connectivity index (χ0) is 20.4. The van der Waals surface area contributed by atoms with Gasteiger partial charge >= 0.3 is 0 Å². The van der Waals surface area contributed by atoms with Gasteiger partial charge in [-0.25, -0.2) is 0 Å². The van der Waals surface area contributed by atoms with E-state index in [1.807, 2.05) is 30.3 Å². The predicted octanol–water partition coefficient (Wildman–Crippen LogP) is 5.26. The predicted molar refractivity (Wildman–Crippen MR) is 116 cm³/mol. The van der Waals surface area contributed by atoms with Crippen molar-refractivity contribution in [2.75, 3.05) is 0 Å². The van der Waals surface area contributed by atoms with Crippen LogP contribution in [0.2, 0.25) is 0 Å². The fraction of sp³-hybridized carbons (Fsp3) is 0.0476. The Labute approximate surface area is 176 Å². The average Bonchev–Trinajstić information content (AvgIpc) is 3.29. The summed E-state index contributed by atoms with van der Waals surface area (Å²) in [5.41, 5.74) is 1.73. The molecule has 0 N–H and O–H groups in total. The minimum absolute atomic E-state index is 0.0163. The van der Waals surface area contributed by atoms with Crippen LogP contribution in [-0.4, -0.2) is 20.1 Å². The van der Waals surface area contributed by atoms with Crippen molar-refractivity contribution in [2.45, 2.75) is 6.54 Å². The number of nitro benzene ring substituents is 1. The molecular formula is C21H14N2O4S2. The van der Waals surface area contributed by atoms with Crippen molar-refractivity contribution in [1.29, 1.82) is 0 Å². The van der Waals surface area contributed by atoms with Gasteiger partial charge in [0, 0.05) is 23.8 Å². The lowest BCUT2D eigenvalue weighted by Crippen LogP contribution is -2.27. The summed E-state index contributed by atoms with van der Waals surface area (Å²) in [6.45, 7) is 0.426. The fourth-order valence-corrected chi connectivity index (χ4v) is 4.10. The van der Waals surface area contributed by atoms with Crippen LogP contribution in [0.5, 0.6) is 0 Å². The van der Waals surface area contributed by atoms with E-state index in [0.717, 1.165) is 5.56 Å². The first-order chi connectivity index (χ1) is 14.0. The van der Waals surface area contributed by atoms with Gasteiger partial charge in [-0.1, -0.05) is 54.3 Å². The van der Waals surface area contributed by atoms with Gasteiger partial charge in [-0.2, -0.15) is 0 Å². The molecule has 0 atom stereocenters. The van der Waals surface area contributed by atoms with Crippen LogP contribution >= 0.6 is 24.0 Å². The summed E-state index contributed by atoms with van der Waals surface area (Å²) < 4.78 is 6.30. The van der Waals surface area contributed by atoms with Gasteiger partial charge in [-0.05, 0) is 29.8 Å². The van der Waals surface area contributed by atoms with Gasteiger partial charge in [0.05, 0.1) is 16.4 Å². The third kappa shape index (κ3) is 4.13. The lowest BCUT2D eigenvalue weighted by atomic mass is 10.1. The lowest BCUT2D eigenvalue weighted by Gasteiger charge is -2.14. The number of amides is 1. The fourth-order valence-electron chi connectivity index (χ4n) is 2.86. The number of benzene rings is 2. The molecule has 1 aliphatic heterocycles. The zero-order valence-corrected chi connectivity index (χ0v) is 16.6. The van der Waals surface area contributed by atoms with Crippen molar-refractivity contribution < 1.29 is 14.1 Å². The molecular weight excluding hydrogens is 408 g/mol. The lowest BCUT2D eigenvalue weighted by molar-refractivity contribution is -0.384. The van der Waals surface area contributed by atoms with E-state index >= 15 is 0 Å². The molecule has 1 aromatic heterocycles. The van der Waals surface area contributed by atoms with E-state index in [-0.39, 0.29) is 11.6 Å². The summed E-state index contributed by atoms with van der Waals surface area (Å²) in [4.78, 5) is 25.1. The summed E-state index contributed by atoms with van der Waals surface area (Å²) in [5.74, 6) is 0.918. The number of hydrogen-bond acceptors (Lipinski definition) is 6. The van der Waals surface area contributed by atoms with E-state index in [9.17, 15) is 14.9 Å². The number of thioether (sulfide) groups is 1. The van der Waals surface area contributed by atoms with Gasteiger partial charge in [0.25, 0.3) is 11.6 Å².